The topological polar surface area (TPSA) is 71.1 Å². The maximum Gasteiger partial charge on any atom is 0.647 e. The first-order valence-electron chi connectivity index (χ1n) is 9.78. The number of carbonyl (C=O) groups excluding carboxylic acids is 1. The lowest BCUT2D eigenvalue weighted by molar-refractivity contribution is -0.142. The van der Waals surface area contributed by atoms with Gasteiger partial charge in [-0.3, -0.25) is 4.79 Å². The van der Waals surface area contributed by atoms with Gasteiger partial charge in [-0.15, -0.1) is 0 Å². The zero-order valence-corrected chi connectivity index (χ0v) is 17.9. The third kappa shape index (κ3) is 7.05. The Kier molecular flexibility index (Phi) is 7.91. The highest BCUT2D eigenvalue weighted by atomic mass is 31.2. The molecular formula is C24H23O6P. The van der Waals surface area contributed by atoms with Crippen molar-refractivity contribution >= 4 is 19.6 Å². The molecule has 0 N–H and O–H groups in total. The fourth-order valence-corrected chi connectivity index (χ4v) is 3.90. The molecule has 0 amide bonds. The van der Waals surface area contributed by atoms with Crippen molar-refractivity contribution < 1.29 is 27.7 Å². The van der Waals surface area contributed by atoms with E-state index in [-0.39, 0.29) is 18.8 Å². The minimum absolute atomic E-state index is 0.0608. The fraction of sp³-hybridized carbons (Fsp3) is 0.125. The molecular weight excluding hydrogens is 415 g/mol. The number of hydrogen-bond donors (Lipinski definition) is 0. The van der Waals surface area contributed by atoms with E-state index in [1.54, 1.807) is 79.7 Å². The zero-order chi connectivity index (χ0) is 21.9. The molecule has 3 rings (SSSR count). The molecule has 0 spiro atoms. The summed E-state index contributed by atoms with van der Waals surface area (Å²) >= 11 is 0. The predicted octanol–water partition coefficient (Wildman–Crippen LogP) is 6.26. The van der Waals surface area contributed by atoms with Crippen LogP contribution in [0.25, 0.3) is 5.76 Å². The van der Waals surface area contributed by atoms with Crippen LogP contribution in [0, 0.1) is 0 Å². The molecule has 0 unspecified atom stereocenters. The summed E-state index contributed by atoms with van der Waals surface area (Å²) < 4.78 is 35.8. The average Bonchev–Trinajstić information content (AvgIpc) is 2.79. The van der Waals surface area contributed by atoms with E-state index in [0.29, 0.717) is 17.1 Å². The lowest BCUT2D eigenvalue weighted by atomic mass is 10.1. The first-order valence-corrected chi connectivity index (χ1v) is 11.2. The molecule has 3 aromatic carbocycles. The van der Waals surface area contributed by atoms with Gasteiger partial charge >= 0.3 is 13.8 Å². The second-order valence-corrected chi connectivity index (χ2v) is 7.73. The number of phosphoric ester groups is 1. The van der Waals surface area contributed by atoms with E-state index in [4.69, 9.17) is 18.3 Å². The SMILES string of the molecule is CCOC(=O)C/C=C(\OP(=O)(Oc1ccccc1)Oc1ccccc1)c1ccccc1. The van der Waals surface area contributed by atoms with Gasteiger partial charge in [-0.25, -0.2) is 0 Å². The minimum atomic E-state index is -4.18. The number of benzene rings is 3. The fourth-order valence-electron chi connectivity index (χ4n) is 2.60. The van der Waals surface area contributed by atoms with Gasteiger partial charge in [0.15, 0.2) is 0 Å². The number of ether oxygens (including phenoxy) is 1. The molecule has 0 atom stereocenters. The van der Waals surface area contributed by atoms with Gasteiger partial charge in [0.2, 0.25) is 0 Å². The molecule has 6 nitrogen and oxygen atoms in total. The second kappa shape index (κ2) is 11.0. The van der Waals surface area contributed by atoms with E-state index in [2.05, 4.69) is 0 Å². The number of phosphoric acid groups is 1. The Hall–Kier alpha value is -3.50. The van der Waals surface area contributed by atoms with Gasteiger partial charge in [-0.1, -0.05) is 66.7 Å². The summed E-state index contributed by atoms with van der Waals surface area (Å²) in [4.78, 5) is 11.9. The van der Waals surface area contributed by atoms with Crippen molar-refractivity contribution in [3.63, 3.8) is 0 Å². The van der Waals surface area contributed by atoms with E-state index < -0.39 is 13.8 Å². The molecule has 0 aromatic heterocycles. The molecule has 0 saturated carbocycles. The molecule has 0 saturated heterocycles. The quantitative estimate of drug-likeness (QED) is 0.211. The highest BCUT2D eigenvalue weighted by Crippen LogP contribution is 2.52. The molecule has 7 heteroatoms. The Morgan fingerprint density at radius 2 is 1.29 bits per heavy atom. The molecule has 0 aliphatic carbocycles. The normalized spacial score (nSPS) is 11.5. The molecule has 0 fully saturated rings. The Labute approximate surface area is 181 Å². The number of para-hydroxylation sites is 2. The molecule has 31 heavy (non-hydrogen) atoms. The zero-order valence-electron chi connectivity index (χ0n) is 17.0. The molecule has 160 valence electrons. The van der Waals surface area contributed by atoms with Gasteiger partial charge in [0, 0.05) is 5.56 Å². The molecule has 3 aromatic rings. The highest BCUT2D eigenvalue weighted by molar-refractivity contribution is 7.49. The third-order valence-corrected chi connectivity index (χ3v) is 5.24. The summed E-state index contributed by atoms with van der Waals surface area (Å²) in [6, 6.07) is 26.2. The van der Waals surface area contributed by atoms with E-state index in [0.717, 1.165) is 0 Å². The average molecular weight is 438 g/mol. The summed E-state index contributed by atoms with van der Waals surface area (Å²) in [7, 11) is -4.18. The van der Waals surface area contributed by atoms with Crippen LogP contribution in [0.4, 0.5) is 0 Å². The molecule has 0 aliphatic rings. The number of esters is 1. The lowest BCUT2D eigenvalue weighted by Crippen LogP contribution is -2.06. The van der Waals surface area contributed by atoms with Gasteiger partial charge < -0.3 is 18.3 Å². The van der Waals surface area contributed by atoms with Crippen LogP contribution in [0.15, 0.2) is 97.1 Å². The number of hydrogen-bond acceptors (Lipinski definition) is 6. The standard InChI is InChI=1S/C24H23O6P/c1-2-27-24(25)19-18-23(20-12-6-3-7-13-20)30-31(26,28-21-14-8-4-9-15-21)29-22-16-10-5-11-17-22/h3-18H,2,19H2,1H3/b23-18-. The predicted molar refractivity (Wildman–Crippen MR) is 119 cm³/mol. The molecule has 0 aliphatic heterocycles. The first kappa shape index (κ1) is 22.2. The Balaban J connectivity index is 1.93. The molecule has 0 bridgehead atoms. The summed E-state index contributed by atoms with van der Waals surface area (Å²) in [6.07, 6.45) is 1.44. The summed E-state index contributed by atoms with van der Waals surface area (Å²) in [5.41, 5.74) is 0.611. The maximum atomic E-state index is 13.7. The third-order valence-electron chi connectivity index (χ3n) is 3.95. The van der Waals surface area contributed by atoms with Crippen molar-refractivity contribution in [2.24, 2.45) is 0 Å². The summed E-state index contributed by atoms with van der Waals surface area (Å²) in [5, 5.41) is 0. The minimum Gasteiger partial charge on any atom is -0.466 e. The van der Waals surface area contributed by atoms with Crippen molar-refractivity contribution in [2.45, 2.75) is 13.3 Å². The van der Waals surface area contributed by atoms with E-state index in [1.807, 2.05) is 18.2 Å². The van der Waals surface area contributed by atoms with Crippen molar-refractivity contribution in [3.8, 4) is 11.5 Å². The van der Waals surface area contributed by atoms with Gasteiger partial charge in [0.25, 0.3) is 0 Å². The number of carbonyl (C=O) groups is 1. The molecule has 0 heterocycles. The molecule has 0 radical (unpaired) electrons. The van der Waals surface area contributed by atoms with Crippen LogP contribution in [0.3, 0.4) is 0 Å². The Bertz CT molecular complexity index is 990. The van der Waals surface area contributed by atoms with Crippen molar-refractivity contribution in [1.82, 2.24) is 0 Å². The summed E-state index contributed by atoms with van der Waals surface area (Å²) in [6.45, 7) is 1.99. The van der Waals surface area contributed by atoms with Crippen LogP contribution in [-0.2, 0) is 18.6 Å². The number of rotatable bonds is 10. The van der Waals surface area contributed by atoms with Crippen LogP contribution in [0.1, 0.15) is 18.9 Å². The van der Waals surface area contributed by atoms with Crippen LogP contribution in [0.2, 0.25) is 0 Å². The van der Waals surface area contributed by atoms with Crippen LogP contribution in [0.5, 0.6) is 11.5 Å². The lowest BCUT2D eigenvalue weighted by Gasteiger charge is -2.21. The van der Waals surface area contributed by atoms with Crippen LogP contribution < -0.4 is 9.05 Å². The maximum absolute atomic E-state index is 13.7. The van der Waals surface area contributed by atoms with E-state index >= 15 is 0 Å². The van der Waals surface area contributed by atoms with Gasteiger partial charge in [0.1, 0.15) is 17.3 Å². The highest BCUT2D eigenvalue weighted by Gasteiger charge is 2.34. The second-order valence-electron chi connectivity index (χ2n) is 6.29. The van der Waals surface area contributed by atoms with Gasteiger partial charge in [0.05, 0.1) is 13.0 Å². The van der Waals surface area contributed by atoms with Gasteiger partial charge in [-0.2, -0.15) is 4.57 Å². The largest absolute Gasteiger partial charge is 0.647 e. The Morgan fingerprint density at radius 1 is 0.806 bits per heavy atom. The van der Waals surface area contributed by atoms with E-state index in [9.17, 15) is 9.36 Å². The van der Waals surface area contributed by atoms with Crippen LogP contribution >= 0.6 is 7.82 Å². The van der Waals surface area contributed by atoms with Crippen LogP contribution in [-0.4, -0.2) is 12.6 Å². The van der Waals surface area contributed by atoms with Crippen molar-refractivity contribution in [3.05, 3.63) is 103 Å². The van der Waals surface area contributed by atoms with Gasteiger partial charge in [-0.05, 0) is 37.3 Å². The first-order chi connectivity index (χ1) is 15.1. The smallest absolute Gasteiger partial charge is 0.466 e. The monoisotopic (exact) mass is 438 g/mol. The van der Waals surface area contributed by atoms with Crippen molar-refractivity contribution in [1.29, 1.82) is 0 Å². The van der Waals surface area contributed by atoms with Crippen molar-refractivity contribution in [2.75, 3.05) is 6.61 Å². The Morgan fingerprint density at radius 3 is 1.77 bits per heavy atom. The van der Waals surface area contributed by atoms with E-state index in [1.165, 1.54) is 6.08 Å². The summed E-state index contributed by atoms with van der Waals surface area (Å²) in [5.74, 6) is 0.394.